The number of nitrogens with two attached hydrogens (primary N) is 1. The van der Waals surface area contributed by atoms with E-state index < -0.39 is 36.5 Å². The van der Waals surface area contributed by atoms with Gasteiger partial charge in [-0.1, -0.05) is 24.3 Å². The molecule has 0 aliphatic heterocycles. The number of hydrogen-bond donors (Lipinski definition) is 3. The van der Waals surface area contributed by atoms with Crippen LogP contribution in [0.1, 0.15) is 16.7 Å². The lowest BCUT2D eigenvalue weighted by Crippen LogP contribution is -2.17. The lowest BCUT2D eigenvalue weighted by Gasteiger charge is -2.14. The fraction of sp³-hybridized carbons (Fsp3) is 0.0952. The van der Waals surface area contributed by atoms with Crippen LogP contribution in [-0.2, 0) is 26.0 Å². The second-order valence-electron chi connectivity index (χ2n) is 7.08. The second-order valence-corrected chi connectivity index (χ2v) is 10.7. The third-order valence-corrected chi connectivity index (χ3v) is 7.34. The molecule has 12 heteroatoms. The van der Waals surface area contributed by atoms with Crippen molar-refractivity contribution in [2.24, 2.45) is 0 Å². The third kappa shape index (κ3) is 5.34. The quantitative estimate of drug-likeness (QED) is 0.351. The maximum absolute atomic E-state index is 12.9. The van der Waals surface area contributed by atoms with Crippen LogP contribution < -0.4 is 10.5 Å². The number of benzene rings is 3. The van der Waals surface area contributed by atoms with E-state index in [0.717, 1.165) is 36.6 Å². The van der Waals surface area contributed by atoms with Crippen molar-refractivity contribution in [3.8, 4) is 0 Å². The van der Waals surface area contributed by atoms with E-state index >= 15 is 0 Å². The van der Waals surface area contributed by atoms with E-state index in [4.69, 9.17) is 11.1 Å². The standard InChI is InChI=1S/C21H18F3N3O4S2/c1-32(28,29)18-4-2-3-5-19(18)33(30,31)27-15-10-11-17(25)16(12-15)20(26)13-6-8-14(9-7-13)21(22,23)24/h2-12,26-27H,25H2,1H3. The first-order valence-electron chi connectivity index (χ1n) is 9.18. The van der Waals surface area contributed by atoms with Gasteiger partial charge in [-0.3, -0.25) is 10.1 Å². The molecule has 0 saturated carbocycles. The van der Waals surface area contributed by atoms with Crippen molar-refractivity contribution < 1.29 is 30.0 Å². The average Bonchev–Trinajstić information content (AvgIpc) is 2.73. The molecule has 0 radical (unpaired) electrons. The molecule has 7 nitrogen and oxygen atoms in total. The first-order chi connectivity index (χ1) is 15.2. The monoisotopic (exact) mass is 497 g/mol. The largest absolute Gasteiger partial charge is 0.416 e. The molecule has 0 spiro atoms. The van der Waals surface area contributed by atoms with Crippen LogP contribution in [0.15, 0.2) is 76.5 Å². The number of sulfone groups is 1. The molecular formula is C21H18F3N3O4S2. The molecule has 0 aromatic heterocycles. The number of anilines is 2. The molecule has 0 aliphatic carbocycles. The molecular weight excluding hydrogens is 479 g/mol. The van der Waals surface area contributed by atoms with E-state index in [9.17, 15) is 30.0 Å². The van der Waals surface area contributed by atoms with Crippen molar-refractivity contribution >= 4 is 36.9 Å². The molecule has 3 aromatic carbocycles. The highest BCUT2D eigenvalue weighted by atomic mass is 32.2. The first kappa shape index (κ1) is 24.3. The van der Waals surface area contributed by atoms with Crippen molar-refractivity contribution in [3.63, 3.8) is 0 Å². The van der Waals surface area contributed by atoms with Gasteiger partial charge in [0.1, 0.15) is 4.90 Å². The Balaban J connectivity index is 1.96. The molecule has 0 amide bonds. The number of hydrogen-bond acceptors (Lipinski definition) is 6. The third-order valence-electron chi connectivity index (χ3n) is 4.61. The Morgan fingerprint density at radius 3 is 2.03 bits per heavy atom. The average molecular weight is 498 g/mol. The summed E-state index contributed by atoms with van der Waals surface area (Å²) in [5.74, 6) is 0. The van der Waals surface area contributed by atoms with Gasteiger partial charge < -0.3 is 5.73 Å². The summed E-state index contributed by atoms with van der Waals surface area (Å²) in [6.45, 7) is 0. The van der Waals surface area contributed by atoms with Gasteiger partial charge in [0.25, 0.3) is 10.0 Å². The highest BCUT2D eigenvalue weighted by molar-refractivity contribution is 7.95. The summed E-state index contributed by atoms with van der Waals surface area (Å²) in [5, 5.41) is 8.33. The zero-order chi connectivity index (χ0) is 24.6. The Morgan fingerprint density at radius 2 is 1.48 bits per heavy atom. The number of nitrogen functional groups attached to an aromatic ring is 1. The molecule has 3 rings (SSSR count). The lowest BCUT2D eigenvalue weighted by molar-refractivity contribution is -0.137. The Hall–Kier alpha value is -3.38. The Kier molecular flexibility index (Phi) is 6.27. The van der Waals surface area contributed by atoms with Gasteiger partial charge in [-0.15, -0.1) is 0 Å². The Labute approximate surface area is 188 Å². The van der Waals surface area contributed by atoms with Crippen LogP contribution in [0.5, 0.6) is 0 Å². The number of alkyl halides is 3. The molecule has 0 heterocycles. The second kappa shape index (κ2) is 8.52. The summed E-state index contributed by atoms with van der Waals surface area (Å²) in [6, 6.07) is 12.8. The topological polar surface area (TPSA) is 130 Å². The zero-order valence-corrected chi connectivity index (χ0v) is 18.6. The summed E-state index contributed by atoms with van der Waals surface area (Å²) in [6.07, 6.45) is -3.64. The van der Waals surface area contributed by atoms with Gasteiger partial charge in [0, 0.05) is 28.8 Å². The highest BCUT2D eigenvalue weighted by Crippen LogP contribution is 2.30. The van der Waals surface area contributed by atoms with E-state index in [1.54, 1.807) is 0 Å². The van der Waals surface area contributed by atoms with Crippen LogP contribution >= 0.6 is 0 Å². The van der Waals surface area contributed by atoms with Gasteiger partial charge >= 0.3 is 6.18 Å². The molecule has 0 fully saturated rings. The van der Waals surface area contributed by atoms with Crippen LogP contribution in [0.2, 0.25) is 0 Å². The summed E-state index contributed by atoms with van der Waals surface area (Å²) in [7, 11) is -8.18. The van der Waals surface area contributed by atoms with Crippen LogP contribution in [0, 0.1) is 5.41 Å². The number of rotatable bonds is 6. The van der Waals surface area contributed by atoms with Crippen LogP contribution in [0.3, 0.4) is 0 Å². The van der Waals surface area contributed by atoms with Crippen molar-refractivity contribution in [2.75, 3.05) is 16.7 Å². The molecule has 0 saturated heterocycles. The maximum atomic E-state index is 12.9. The minimum absolute atomic E-state index is 0.0147. The normalized spacial score (nSPS) is 12.4. The van der Waals surface area contributed by atoms with Gasteiger partial charge in [-0.2, -0.15) is 13.2 Å². The number of nitrogens with one attached hydrogen (secondary N) is 2. The SMILES string of the molecule is CS(=O)(=O)c1ccccc1S(=O)(=O)Nc1ccc(N)c(C(=N)c2ccc(C(F)(F)F)cc2)c1. The Bertz CT molecular complexity index is 1430. The van der Waals surface area contributed by atoms with Crippen molar-refractivity contribution in [3.05, 3.63) is 83.4 Å². The van der Waals surface area contributed by atoms with E-state index in [1.807, 2.05) is 0 Å². The van der Waals surface area contributed by atoms with Gasteiger partial charge in [0.2, 0.25) is 0 Å². The maximum Gasteiger partial charge on any atom is 0.416 e. The smallest absolute Gasteiger partial charge is 0.398 e. The molecule has 3 aromatic rings. The predicted octanol–water partition coefficient (Wildman–Crippen LogP) is 3.91. The van der Waals surface area contributed by atoms with Crippen LogP contribution in [0.25, 0.3) is 0 Å². The van der Waals surface area contributed by atoms with Gasteiger partial charge in [0.15, 0.2) is 9.84 Å². The molecule has 174 valence electrons. The molecule has 0 bridgehead atoms. The van der Waals surface area contributed by atoms with Crippen molar-refractivity contribution in [1.29, 1.82) is 5.41 Å². The van der Waals surface area contributed by atoms with Crippen molar-refractivity contribution in [2.45, 2.75) is 16.0 Å². The molecule has 0 unspecified atom stereocenters. The summed E-state index contributed by atoms with van der Waals surface area (Å²) < 4.78 is 90.3. The number of sulfonamides is 1. The molecule has 4 N–H and O–H groups in total. The minimum Gasteiger partial charge on any atom is -0.398 e. The molecule has 0 atom stereocenters. The fourth-order valence-corrected chi connectivity index (χ4v) is 5.69. The Morgan fingerprint density at radius 1 is 0.909 bits per heavy atom. The fourth-order valence-electron chi connectivity index (χ4n) is 3.01. The van der Waals surface area contributed by atoms with Gasteiger partial charge in [0.05, 0.1) is 16.2 Å². The minimum atomic E-state index is -4.53. The summed E-state index contributed by atoms with van der Waals surface area (Å²) >= 11 is 0. The summed E-state index contributed by atoms with van der Waals surface area (Å²) in [5.41, 5.74) is 5.10. The molecule has 0 aliphatic rings. The van der Waals surface area contributed by atoms with Gasteiger partial charge in [-0.05, 0) is 42.5 Å². The molecule has 33 heavy (non-hydrogen) atoms. The zero-order valence-electron chi connectivity index (χ0n) is 17.0. The van der Waals surface area contributed by atoms with Crippen LogP contribution in [-0.4, -0.2) is 28.8 Å². The van der Waals surface area contributed by atoms with E-state index in [-0.39, 0.29) is 33.1 Å². The summed E-state index contributed by atoms with van der Waals surface area (Å²) in [4.78, 5) is -0.839. The van der Waals surface area contributed by atoms with Gasteiger partial charge in [-0.25, -0.2) is 16.8 Å². The van der Waals surface area contributed by atoms with Crippen LogP contribution in [0.4, 0.5) is 24.5 Å². The highest BCUT2D eigenvalue weighted by Gasteiger charge is 2.30. The number of halogens is 3. The van der Waals surface area contributed by atoms with E-state index in [0.29, 0.717) is 0 Å². The van der Waals surface area contributed by atoms with Crippen molar-refractivity contribution in [1.82, 2.24) is 0 Å². The predicted molar refractivity (Wildman–Crippen MR) is 119 cm³/mol. The van der Waals surface area contributed by atoms with E-state index in [2.05, 4.69) is 4.72 Å². The lowest BCUT2D eigenvalue weighted by atomic mass is 9.99. The van der Waals surface area contributed by atoms with E-state index in [1.165, 1.54) is 36.4 Å². The first-order valence-corrected chi connectivity index (χ1v) is 12.6.